The Balaban J connectivity index is -0.00000000381. The number of para-hydroxylation sites is 1. The molecular weight excluding hydrogens is 3990 g/mol. The van der Waals surface area contributed by atoms with Crippen LogP contribution in [0.1, 0.15) is 12.5 Å². The van der Waals surface area contributed by atoms with Crippen molar-refractivity contribution in [3.8, 4) is 0 Å². The molecule has 182 valence electrons. The van der Waals surface area contributed by atoms with Crippen molar-refractivity contribution in [2.45, 2.75) is 13.3 Å². The summed E-state index contributed by atoms with van der Waals surface area (Å²) < 4.78 is 0. The largest absolute Gasteiger partial charge is 0.663 e. The minimum atomic E-state index is 0. The van der Waals surface area contributed by atoms with Gasteiger partial charge in [-0.05, 0) is 11.8 Å². The standard InChI is InChI=1S/C10H10N.21W/c1-2-8-7-11-10-6-4-3-5-9(8)10;;;;;;;;;;;;;;;;;;;;;/h3-7H,2H2,1H3;;;;;;;;;;;;;;;;;;;;;/q-1;;;;;;;;;;;;;;;;;;;;;. The van der Waals surface area contributed by atoms with Gasteiger partial charge in [-0.2, -0.15) is 6.20 Å². The van der Waals surface area contributed by atoms with Crippen molar-refractivity contribution in [2.75, 3.05) is 0 Å². The number of hydrogen-bond acceptors (Lipinski definition) is 0. The van der Waals surface area contributed by atoms with Crippen LogP contribution in [0.15, 0.2) is 30.5 Å². The predicted molar refractivity (Wildman–Crippen MR) is 46.6 cm³/mol. The Morgan fingerprint density at radius 2 is 0.750 bits per heavy atom. The van der Waals surface area contributed by atoms with Gasteiger partial charge in [-0.15, -0.1) is 5.52 Å². The van der Waals surface area contributed by atoms with Crippen LogP contribution in [0.4, 0.5) is 0 Å². The van der Waals surface area contributed by atoms with E-state index in [9.17, 15) is 0 Å². The average molecular weight is 4000 g/mol. The van der Waals surface area contributed by atoms with E-state index in [1.165, 1.54) is 10.9 Å². The second-order valence-electron chi connectivity index (χ2n) is 2.65. The monoisotopic (exact) mass is 4010 g/mol. The fourth-order valence-electron chi connectivity index (χ4n) is 1.36. The summed E-state index contributed by atoms with van der Waals surface area (Å²) in [6, 6.07) is 8.26. The molecule has 0 saturated heterocycles. The molecular formula is C10H10NW21-. The third kappa shape index (κ3) is 62.1. The van der Waals surface area contributed by atoms with Crippen molar-refractivity contribution in [1.29, 1.82) is 0 Å². The van der Waals surface area contributed by atoms with Gasteiger partial charge >= 0.3 is 0 Å². The Kier molecular flexibility index (Phi) is 420. The van der Waals surface area contributed by atoms with E-state index < -0.39 is 0 Å². The first-order chi connectivity index (χ1) is 5.42. The minimum Gasteiger partial charge on any atom is -0.663 e. The third-order valence-corrected chi connectivity index (χ3v) is 1.99. The van der Waals surface area contributed by atoms with Gasteiger partial charge in [-0.3, -0.25) is 0 Å². The maximum Gasteiger partial charge on any atom is 0 e. The predicted octanol–water partition coefficient (Wildman–Crippen LogP) is 2.31. The Morgan fingerprint density at radius 1 is 0.469 bits per heavy atom. The quantitative estimate of drug-likeness (QED) is 0.429. The number of nitrogens with zero attached hydrogens (tertiary/aromatic N) is 1. The molecule has 0 spiro atoms. The first-order valence-corrected chi connectivity index (χ1v) is 3.91. The van der Waals surface area contributed by atoms with Crippen molar-refractivity contribution >= 4 is 10.9 Å². The number of benzene rings is 1. The summed E-state index contributed by atoms with van der Waals surface area (Å²) in [5.41, 5.74) is 2.46. The molecule has 2 rings (SSSR count). The van der Waals surface area contributed by atoms with Gasteiger partial charge in [-0.1, -0.05) is 36.8 Å². The van der Waals surface area contributed by atoms with Gasteiger partial charge in [-0.25, -0.2) is 0 Å². The van der Waals surface area contributed by atoms with Crippen molar-refractivity contribution < 1.29 is 442 Å². The first kappa shape index (κ1) is 139. The van der Waals surface area contributed by atoms with Crippen molar-refractivity contribution in [3.63, 3.8) is 0 Å². The van der Waals surface area contributed by atoms with Gasteiger partial charge in [0.2, 0.25) is 0 Å². The zero-order valence-corrected chi connectivity index (χ0v) is 76.7. The Bertz CT molecular complexity index is 389. The second kappa shape index (κ2) is 96.7. The normalized spacial score (nSPS) is 3.66. The van der Waals surface area contributed by atoms with Crippen LogP contribution in [0.5, 0.6) is 0 Å². The zero-order valence-electron chi connectivity index (χ0n) is 15.1. The summed E-state index contributed by atoms with van der Waals surface area (Å²) in [5, 5.41) is 1.30. The molecule has 0 radical (unpaired) electrons. The van der Waals surface area contributed by atoms with E-state index in [1.807, 2.05) is 12.3 Å². The first-order valence-electron chi connectivity index (χ1n) is 3.91. The van der Waals surface area contributed by atoms with Crippen molar-refractivity contribution in [3.05, 3.63) is 36.0 Å². The smallest absolute Gasteiger partial charge is 0 e. The molecule has 1 aromatic heterocycles. The Morgan fingerprint density at radius 3 is 1.03 bits per heavy atom. The fraction of sp³-hybridized carbons (Fsp3) is 0.200. The number of aromatic nitrogens is 1. The van der Waals surface area contributed by atoms with Crippen LogP contribution < -0.4 is 4.98 Å². The van der Waals surface area contributed by atoms with E-state index in [0.29, 0.717) is 0 Å². The summed E-state index contributed by atoms with van der Waals surface area (Å²) in [5.74, 6) is 0. The fourth-order valence-corrected chi connectivity index (χ4v) is 1.36. The van der Waals surface area contributed by atoms with E-state index >= 15 is 0 Å². The molecule has 0 unspecified atom stereocenters. The molecule has 0 aliphatic rings. The van der Waals surface area contributed by atoms with Crippen LogP contribution >= 0.6 is 0 Å². The summed E-state index contributed by atoms with van der Waals surface area (Å²) in [6.45, 7) is 2.16. The van der Waals surface area contributed by atoms with Gasteiger partial charge in [0.25, 0.3) is 0 Å². The summed E-state index contributed by atoms with van der Waals surface area (Å²) in [4.78, 5) is 4.29. The van der Waals surface area contributed by atoms with Gasteiger partial charge in [0, 0.05) is 442 Å². The summed E-state index contributed by atoms with van der Waals surface area (Å²) >= 11 is 0. The maximum atomic E-state index is 4.29. The Hall–Kier alpha value is 13.2. The molecule has 1 heterocycles. The van der Waals surface area contributed by atoms with E-state index in [-0.39, 0.29) is 442 Å². The molecule has 0 atom stereocenters. The minimum absolute atomic E-state index is 0. The van der Waals surface area contributed by atoms with Crippen LogP contribution in [0, 0.1) is 0 Å². The summed E-state index contributed by atoms with van der Waals surface area (Å²) in [7, 11) is 0. The number of hydrogen-bond donors (Lipinski definition) is 0. The second-order valence-corrected chi connectivity index (χ2v) is 2.65. The average Bonchev–Trinajstić information content (AvgIpc) is 2.47. The van der Waals surface area contributed by atoms with E-state index in [1.54, 1.807) is 0 Å². The number of fused-ring (bicyclic) bond motifs is 1. The van der Waals surface area contributed by atoms with E-state index in [0.717, 1.165) is 11.9 Å². The van der Waals surface area contributed by atoms with Gasteiger partial charge in [0.1, 0.15) is 0 Å². The molecule has 0 aliphatic carbocycles. The van der Waals surface area contributed by atoms with E-state index in [2.05, 4.69) is 30.1 Å². The molecule has 22 heteroatoms. The van der Waals surface area contributed by atoms with Crippen LogP contribution in [0.2, 0.25) is 0 Å². The molecule has 0 N–H and O–H groups in total. The van der Waals surface area contributed by atoms with Crippen LogP contribution in [0.3, 0.4) is 0 Å². The van der Waals surface area contributed by atoms with Crippen LogP contribution in [-0.2, 0) is 449 Å². The Labute approximate surface area is 494 Å². The van der Waals surface area contributed by atoms with Gasteiger partial charge in [0.15, 0.2) is 0 Å². The van der Waals surface area contributed by atoms with Crippen molar-refractivity contribution in [2.24, 2.45) is 0 Å². The van der Waals surface area contributed by atoms with Gasteiger partial charge in [0.05, 0.1) is 0 Å². The van der Waals surface area contributed by atoms with Crippen LogP contribution in [0.25, 0.3) is 10.9 Å². The molecule has 0 fully saturated rings. The van der Waals surface area contributed by atoms with Crippen molar-refractivity contribution in [1.82, 2.24) is 4.98 Å². The van der Waals surface area contributed by atoms with Gasteiger partial charge < -0.3 is 4.98 Å². The number of aryl methyl sites for hydroxylation is 1. The maximum absolute atomic E-state index is 4.29. The molecule has 32 heavy (non-hydrogen) atoms. The molecule has 0 amide bonds. The molecule has 1 aromatic carbocycles. The summed E-state index contributed by atoms with van der Waals surface area (Å²) in [6.07, 6.45) is 3.03. The molecule has 1 nitrogen and oxygen atoms in total. The third-order valence-electron chi connectivity index (χ3n) is 1.99. The molecule has 0 bridgehead atoms. The molecule has 0 aliphatic heterocycles. The van der Waals surface area contributed by atoms with Crippen LogP contribution in [-0.4, -0.2) is 0 Å². The molecule has 2 aromatic rings. The van der Waals surface area contributed by atoms with E-state index in [4.69, 9.17) is 0 Å². The number of rotatable bonds is 1. The molecule has 0 saturated carbocycles. The topological polar surface area (TPSA) is 14.1 Å². The SMILES string of the molecule is CCc1c[n-]c2ccccc12.[W].[W].[W].[W].[W].[W].[W].[W].[W].[W].[W].[W].[W].[W].[W].[W].[W].[W].[W].[W].[W]. The zero-order chi connectivity index (χ0) is 7.68.